The second kappa shape index (κ2) is 4.87. The van der Waals surface area contributed by atoms with Crippen LogP contribution in [-0.2, 0) is 6.30 Å². The van der Waals surface area contributed by atoms with Gasteiger partial charge in [-0.05, 0) is 18.2 Å². The van der Waals surface area contributed by atoms with Gasteiger partial charge in [0, 0.05) is 23.2 Å². The van der Waals surface area contributed by atoms with Gasteiger partial charge in [-0.25, -0.2) is 0 Å². The Kier molecular flexibility index (Phi) is 3.39. The summed E-state index contributed by atoms with van der Waals surface area (Å²) in [5.74, 6) is 0.369. The molecule has 5 nitrogen and oxygen atoms in total. The first kappa shape index (κ1) is 13.9. The van der Waals surface area contributed by atoms with Gasteiger partial charge in [0.05, 0.1) is 17.5 Å². The van der Waals surface area contributed by atoms with E-state index in [4.69, 9.17) is 4.74 Å². The molecule has 106 valence electrons. The molecule has 0 aliphatic heterocycles. The minimum atomic E-state index is -4.60. The van der Waals surface area contributed by atoms with Crippen molar-refractivity contribution in [2.75, 3.05) is 7.11 Å². The molecule has 0 aliphatic carbocycles. The van der Waals surface area contributed by atoms with Gasteiger partial charge in [-0.2, -0.15) is 0 Å². The Bertz CT molecular complexity index is 689. The van der Waals surface area contributed by atoms with Gasteiger partial charge in [0.1, 0.15) is 5.75 Å². The van der Waals surface area contributed by atoms with Crippen LogP contribution in [-0.4, -0.2) is 16.6 Å². The highest BCUT2D eigenvalue weighted by Gasteiger charge is 2.32. The summed E-state index contributed by atoms with van der Waals surface area (Å²) in [5.41, 5.74) is -0.00535. The normalized spacial score (nSPS) is 12.2. The van der Waals surface area contributed by atoms with Crippen LogP contribution in [0, 0.1) is 10.1 Å². The number of ether oxygens (including phenoxy) is 1. The predicted octanol–water partition coefficient (Wildman–Crippen LogP) is 3.37. The van der Waals surface area contributed by atoms with Crippen molar-refractivity contribution in [2.45, 2.75) is 6.30 Å². The third kappa shape index (κ3) is 2.58. The zero-order valence-electron chi connectivity index (χ0n) is 10.2. The Morgan fingerprint density at radius 2 is 2.10 bits per heavy atom. The molecule has 20 heavy (non-hydrogen) atoms. The number of nitro groups is 1. The highest BCUT2D eigenvalue weighted by molar-refractivity contribution is 5.90. The highest BCUT2D eigenvalue weighted by Crippen LogP contribution is 2.33. The Balaban J connectivity index is 2.69. The summed E-state index contributed by atoms with van der Waals surface area (Å²) < 4.78 is 43.7. The van der Waals surface area contributed by atoms with Crippen LogP contribution in [0.15, 0.2) is 30.6 Å². The number of hydrogen-bond acceptors (Lipinski definition) is 3. The van der Waals surface area contributed by atoms with Crippen molar-refractivity contribution in [1.82, 2.24) is 4.57 Å². The van der Waals surface area contributed by atoms with Crippen molar-refractivity contribution in [2.24, 2.45) is 0 Å². The first-order valence-electron chi connectivity index (χ1n) is 5.41. The Morgan fingerprint density at radius 3 is 2.65 bits per heavy atom. The highest BCUT2D eigenvalue weighted by atomic mass is 19.4. The van der Waals surface area contributed by atoms with Gasteiger partial charge in [-0.1, -0.05) is 0 Å². The van der Waals surface area contributed by atoms with Crippen LogP contribution >= 0.6 is 0 Å². The largest absolute Gasteiger partial charge is 0.497 e. The number of aromatic nitrogens is 1. The van der Waals surface area contributed by atoms with E-state index in [0.717, 1.165) is 12.3 Å². The van der Waals surface area contributed by atoms with Crippen LogP contribution < -0.4 is 4.74 Å². The number of fused-ring (bicyclic) bond motifs is 1. The molecule has 0 N–H and O–H groups in total. The molecule has 0 spiro atoms. The molecule has 0 saturated heterocycles. The fraction of sp³-hybridized carbons (Fsp3) is 0.167. The summed E-state index contributed by atoms with van der Waals surface area (Å²) >= 11 is 0. The second-order valence-electron chi connectivity index (χ2n) is 3.91. The van der Waals surface area contributed by atoms with Crippen molar-refractivity contribution in [3.63, 3.8) is 0 Å². The van der Waals surface area contributed by atoms with Gasteiger partial charge in [-0.3, -0.25) is 14.7 Å². The van der Waals surface area contributed by atoms with Crippen LogP contribution in [0.5, 0.6) is 5.75 Å². The Labute approximate surface area is 111 Å². The smallest absolute Gasteiger partial charge is 0.488 e. The molecule has 0 aliphatic rings. The maximum Gasteiger partial charge on any atom is 0.488 e. The van der Waals surface area contributed by atoms with Crippen molar-refractivity contribution >= 4 is 17.0 Å². The van der Waals surface area contributed by atoms with Crippen LogP contribution in [0.3, 0.4) is 0 Å². The number of halogens is 3. The number of rotatable bonds is 3. The van der Waals surface area contributed by atoms with E-state index in [1.807, 2.05) is 0 Å². The van der Waals surface area contributed by atoms with E-state index in [2.05, 4.69) is 0 Å². The molecule has 0 atom stereocenters. The topological polar surface area (TPSA) is 57.3 Å². The van der Waals surface area contributed by atoms with E-state index in [0.29, 0.717) is 11.9 Å². The summed E-state index contributed by atoms with van der Waals surface area (Å²) in [7, 11) is 1.38. The third-order valence-corrected chi connectivity index (χ3v) is 2.69. The SMILES string of the molecule is COc1ccc2c(c1)c(/C=C/[N+](=O)[O-])cn2C(F)(F)F. The average molecular weight is 286 g/mol. The zero-order chi connectivity index (χ0) is 14.9. The zero-order valence-corrected chi connectivity index (χ0v) is 10.2. The molecular weight excluding hydrogens is 277 g/mol. The third-order valence-electron chi connectivity index (χ3n) is 2.69. The quantitative estimate of drug-likeness (QED) is 0.642. The molecule has 1 aromatic carbocycles. The molecular formula is C12H9F3N2O3. The number of hydrogen-bond donors (Lipinski definition) is 0. The minimum Gasteiger partial charge on any atom is -0.497 e. The Hall–Kier alpha value is -2.51. The van der Waals surface area contributed by atoms with Crippen molar-refractivity contribution in [3.05, 3.63) is 46.3 Å². The van der Waals surface area contributed by atoms with E-state index in [-0.39, 0.29) is 21.0 Å². The van der Waals surface area contributed by atoms with Gasteiger partial charge >= 0.3 is 6.30 Å². The summed E-state index contributed by atoms with van der Waals surface area (Å²) in [6.07, 6.45) is -2.18. The summed E-state index contributed by atoms with van der Waals surface area (Å²) in [6, 6.07) is 4.05. The molecule has 2 rings (SSSR count). The molecule has 0 saturated carbocycles. The second-order valence-corrected chi connectivity index (χ2v) is 3.91. The first-order valence-corrected chi connectivity index (χ1v) is 5.41. The van der Waals surface area contributed by atoms with E-state index < -0.39 is 11.2 Å². The lowest BCUT2D eigenvalue weighted by atomic mass is 10.1. The Morgan fingerprint density at radius 1 is 1.40 bits per heavy atom. The van der Waals surface area contributed by atoms with Crippen molar-refractivity contribution in [1.29, 1.82) is 0 Å². The van der Waals surface area contributed by atoms with Gasteiger partial charge in [0.15, 0.2) is 0 Å². The van der Waals surface area contributed by atoms with E-state index in [1.165, 1.54) is 25.3 Å². The van der Waals surface area contributed by atoms with Gasteiger partial charge in [-0.15, -0.1) is 13.2 Å². The number of benzene rings is 1. The molecule has 0 bridgehead atoms. The maximum atomic E-state index is 12.9. The fourth-order valence-electron chi connectivity index (χ4n) is 1.85. The van der Waals surface area contributed by atoms with Gasteiger partial charge in [0.2, 0.25) is 6.20 Å². The molecule has 0 radical (unpaired) electrons. The molecule has 8 heteroatoms. The number of alkyl halides is 3. The number of methoxy groups -OCH3 is 1. The van der Waals surface area contributed by atoms with Crippen molar-refractivity contribution in [3.8, 4) is 5.75 Å². The van der Waals surface area contributed by atoms with Gasteiger partial charge in [0.25, 0.3) is 0 Å². The average Bonchev–Trinajstić information content (AvgIpc) is 2.74. The molecule has 0 amide bonds. The lowest BCUT2D eigenvalue weighted by Gasteiger charge is -2.09. The van der Waals surface area contributed by atoms with Crippen LogP contribution in [0.4, 0.5) is 13.2 Å². The van der Waals surface area contributed by atoms with Crippen molar-refractivity contribution < 1.29 is 22.8 Å². The van der Waals surface area contributed by atoms with E-state index >= 15 is 0 Å². The summed E-state index contributed by atoms with van der Waals surface area (Å²) in [4.78, 5) is 9.56. The van der Waals surface area contributed by atoms with Crippen LogP contribution in [0.1, 0.15) is 5.56 Å². The summed E-state index contributed by atoms with van der Waals surface area (Å²) in [6.45, 7) is 0. The van der Waals surface area contributed by atoms with E-state index in [1.54, 1.807) is 0 Å². The molecule has 2 aromatic rings. The molecule has 0 unspecified atom stereocenters. The fourth-order valence-corrected chi connectivity index (χ4v) is 1.85. The standard InChI is InChI=1S/C12H9F3N2O3/c1-20-9-2-3-11-10(6-9)8(4-5-17(18)19)7-16(11)12(13,14)15/h2-7H,1H3/b5-4+. The first-order chi connectivity index (χ1) is 9.32. The molecule has 1 aromatic heterocycles. The lowest BCUT2D eigenvalue weighted by Crippen LogP contribution is -2.14. The monoisotopic (exact) mass is 286 g/mol. The lowest BCUT2D eigenvalue weighted by molar-refractivity contribution is -0.400. The van der Waals surface area contributed by atoms with Crippen LogP contribution in [0.2, 0.25) is 0 Å². The number of nitrogens with zero attached hydrogens (tertiary/aromatic N) is 2. The predicted molar refractivity (Wildman–Crippen MR) is 65.8 cm³/mol. The minimum absolute atomic E-state index is 0.0907. The van der Waals surface area contributed by atoms with Gasteiger partial charge < -0.3 is 4.74 Å². The maximum absolute atomic E-state index is 12.9. The van der Waals surface area contributed by atoms with E-state index in [9.17, 15) is 23.3 Å². The molecule has 0 fully saturated rings. The van der Waals surface area contributed by atoms with Crippen LogP contribution in [0.25, 0.3) is 17.0 Å². The molecule has 1 heterocycles. The summed E-state index contributed by atoms with van der Waals surface area (Å²) in [5, 5.41) is 10.5.